The maximum absolute atomic E-state index is 12.8. The lowest BCUT2D eigenvalue weighted by Gasteiger charge is -2.16. The lowest BCUT2D eigenvalue weighted by Crippen LogP contribution is -2.26. The predicted octanol–water partition coefficient (Wildman–Crippen LogP) is 2.66. The number of nitrogens with two attached hydrogens (primary N) is 1. The number of nitrogens with zero attached hydrogens (tertiary/aromatic N) is 3. The summed E-state index contributed by atoms with van der Waals surface area (Å²) in [5, 5.41) is 12.8. The Hall–Kier alpha value is -3.61. The van der Waals surface area contributed by atoms with Gasteiger partial charge in [0.05, 0.1) is 5.69 Å². The Labute approximate surface area is 150 Å². The first-order valence-corrected chi connectivity index (χ1v) is 8.16. The predicted molar refractivity (Wildman–Crippen MR) is 97.9 cm³/mol. The highest BCUT2D eigenvalue weighted by Gasteiger charge is 2.25. The summed E-state index contributed by atoms with van der Waals surface area (Å²) in [5.41, 5.74) is 8.76. The first-order chi connectivity index (χ1) is 12.6. The number of nitrogen functional groups attached to an aromatic ring is 1. The topological polar surface area (TPSA) is 104 Å². The number of phenols is 1. The molecule has 7 nitrogen and oxygen atoms in total. The van der Waals surface area contributed by atoms with Crippen molar-refractivity contribution in [2.75, 3.05) is 11.1 Å². The van der Waals surface area contributed by atoms with Gasteiger partial charge in [0, 0.05) is 19.2 Å². The fourth-order valence-electron chi connectivity index (χ4n) is 2.97. The van der Waals surface area contributed by atoms with E-state index < -0.39 is 0 Å². The third kappa shape index (κ3) is 3.02. The molecule has 1 amide bonds. The van der Waals surface area contributed by atoms with E-state index in [1.807, 2.05) is 24.3 Å². The molecule has 2 heterocycles. The van der Waals surface area contributed by atoms with Crippen LogP contribution in [0.1, 0.15) is 21.6 Å². The van der Waals surface area contributed by atoms with Crippen LogP contribution in [0, 0.1) is 0 Å². The second-order valence-electron chi connectivity index (χ2n) is 6.07. The van der Waals surface area contributed by atoms with Crippen molar-refractivity contribution in [3.8, 4) is 5.75 Å². The Kier molecular flexibility index (Phi) is 3.89. The second kappa shape index (κ2) is 6.36. The zero-order valence-electron chi connectivity index (χ0n) is 13.9. The molecule has 4 rings (SSSR count). The average Bonchev–Trinajstić information content (AvgIpc) is 3.07. The van der Waals surface area contributed by atoms with Crippen molar-refractivity contribution in [3.63, 3.8) is 0 Å². The molecule has 1 aliphatic heterocycles. The van der Waals surface area contributed by atoms with Gasteiger partial charge < -0.3 is 21.1 Å². The van der Waals surface area contributed by atoms with Crippen LogP contribution in [0.3, 0.4) is 0 Å². The minimum absolute atomic E-state index is 0.0568. The average molecular weight is 347 g/mol. The highest BCUT2D eigenvalue weighted by atomic mass is 16.3. The number of carbonyl (C=O) groups is 1. The van der Waals surface area contributed by atoms with Crippen molar-refractivity contribution >= 4 is 23.4 Å². The molecule has 130 valence electrons. The van der Waals surface area contributed by atoms with Crippen LogP contribution < -0.4 is 11.1 Å². The SMILES string of the molecule is Nc1cc(C(=O)N2Cc3ccccc3C2)nc(Nc2ccccc2O)n1. The Morgan fingerprint density at radius 3 is 2.38 bits per heavy atom. The van der Waals surface area contributed by atoms with E-state index in [2.05, 4.69) is 15.3 Å². The first-order valence-electron chi connectivity index (χ1n) is 8.16. The maximum Gasteiger partial charge on any atom is 0.273 e. The third-order valence-corrected chi connectivity index (χ3v) is 4.24. The van der Waals surface area contributed by atoms with Gasteiger partial charge in [-0.15, -0.1) is 0 Å². The van der Waals surface area contributed by atoms with Crippen LogP contribution in [0.5, 0.6) is 5.75 Å². The van der Waals surface area contributed by atoms with Gasteiger partial charge >= 0.3 is 0 Å². The van der Waals surface area contributed by atoms with E-state index in [4.69, 9.17) is 5.73 Å². The van der Waals surface area contributed by atoms with Crippen molar-refractivity contribution in [2.24, 2.45) is 0 Å². The fraction of sp³-hybridized carbons (Fsp3) is 0.105. The molecule has 0 saturated heterocycles. The molecule has 0 aliphatic carbocycles. The molecular formula is C19H17N5O2. The summed E-state index contributed by atoms with van der Waals surface area (Å²) in [5.74, 6) is 0.182. The fourth-order valence-corrected chi connectivity index (χ4v) is 2.97. The number of carbonyl (C=O) groups excluding carboxylic acids is 1. The number of aromatic nitrogens is 2. The van der Waals surface area contributed by atoms with Crippen LogP contribution in [0.2, 0.25) is 0 Å². The van der Waals surface area contributed by atoms with Gasteiger partial charge in [-0.25, -0.2) is 4.98 Å². The molecule has 3 aromatic rings. The monoisotopic (exact) mass is 347 g/mol. The zero-order chi connectivity index (χ0) is 18.1. The molecule has 0 atom stereocenters. The number of anilines is 3. The minimum atomic E-state index is -0.212. The summed E-state index contributed by atoms with van der Waals surface area (Å²) in [6.45, 7) is 1.09. The number of benzene rings is 2. The molecule has 7 heteroatoms. The quantitative estimate of drug-likeness (QED) is 0.629. The van der Waals surface area contributed by atoms with Gasteiger partial charge in [0.25, 0.3) is 5.91 Å². The Morgan fingerprint density at radius 1 is 1.04 bits per heavy atom. The van der Waals surface area contributed by atoms with Crippen molar-refractivity contribution < 1.29 is 9.90 Å². The number of para-hydroxylation sites is 2. The van der Waals surface area contributed by atoms with Crippen LogP contribution in [0.15, 0.2) is 54.6 Å². The largest absolute Gasteiger partial charge is 0.506 e. The van der Waals surface area contributed by atoms with E-state index in [0.717, 1.165) is 11.1 Å². The third-order valence-electron chi connectivity index (χ3n) is 4.24. The van der Waals surface area contributed by atoms with Crippen molar-refractivity contribution in [2.45, 2.75) is 13.1 Å². The summed E-state index contributed by atoms with van der Waals surface area (Å²) in [6, 6.07) is 16.1. The Balaban J connectivity index is 1.59. The molecule has 1 aliphatic rings. The van der Waals surface area contributed by atoms with Gasteiger partial charge in [0.2, 0.25) is 5.95 Å². The zero-order valence-corrected chi connectivity index (χ0v) is 13.9. The summed E-state index contributed by atoms with van der Waals surface area (Å²) in [6.07, 6.45) is 0. The number of fused-ring (bicyclic) bond motifs is 1. The number of hydrogen-bond acceptors (Lipinski definition) is 6. The number of phenolic OH excluding ortho intramolecular Hbond substituents is 1. The van der Waals surface area contributed by atoms with E-state index >= 15 is 0 Å². The Bertz CT molecular complexity index is 964. The van der Waals surface area contributed by atoms with Crippen molar-refractivity contribution in [1.82, 2.24) is 14.9 Å². The standard InChI is InChI=1S/C19H17N5O2/c20-17-9-15(18(26)24-10-12-5-1-2-6-13(12)11-24)22-19(23-17)21-14-7-3-4-8-16(14)25/h1-9,25H,10-11H2,(H3,20,21,22,23). The number of aromatic hydroxyl groups is 1. The normalized spacial score (nSPS) is 12.7. The smallest absolute Gasteiger partial charge is 0.273 e. The summed E-state index contributed by atoms with van der Waals surface area (Å²) in [4.78, 5) is 22.9. The van der Waals surface area contributed by atoms with E-state index in [1.165, 1.54) is 6.07 Å². The molecule has 4 N–H and O–H groups in total. The molecule has 0 radical (unpaired) electrons. The molecule has 0 fully saturated rings. The van der Waals surface area contributed by atoms with E-state index in [0.29, 0.717) is 18.8 Å². The van der Waals surface area contributed by atoms with Gasteiger partial charge in [-0.2, -0.15) is 4.98 Å². The number of nitrogens with one attached hydrogen (secondary N) is 1. The lowest BCUT2D eigenvalue weighted by atomic mass is 10.1. The van der Waals surface area contributed by atoms with Gasteiger partial charge in [0.1, 0.15) is 17.3 Å². The van der Waals surface area contributed by atoms with E-state index in [1.54, 1.807) is 29.2 Å². The van der Waals surface area contributed by atoms with Crippen LogP contribution in [0.4, 0.5) is 17.5 Å². The molecule has 0 unspecified atom stereocenters. The van der Waals surface area contributed by atoms with Crippen molar-refractivity contribution in [1.29, 1.82) is 0 Å². The van der Waals surface area contributed by atoms with Gasteiger partial charge in [-0.3, -0.25) is 4.79 Å². The number of hydrogen-bond donors (Lipinski definition) is 3. The Morgan fingerprint density at radius 2 is 1.69 bits per heavy atom. The summed E-state index contributed by atoms with van der Waals surface area (Å²) in [7, 11) is 0. The summed E-state index contributed by atoms with van der Waals surface area (Å²) < 4.78 is 0. The molecule has 1 aromatic heterocycles. The second-order valence-corrected chi connectivity index (χ2v) is 6.07. The molecule has 0 bridgehead atoms. The van der Waals surface area contributed by atoms with Crippen LogP contribution in [-0.4, -0.2) is 25.9 Å². The van der Waals surface area contributed by atoms with Gasteiger partial charge in [-0.1, -0.05) is 36.4 Å². The summed E-state index contributed by atoms with van der Waals surface area (Å²) >= 11 is 0. The molecule has 2 aromatic carbocycles. The molecule has 26 heavy (non-hydrogen) atoms. The van der Waals surface area contributed by atoms with Crippen LogP contribution in [-0.2, 0) is 13.1 Å². The highest BCUT2D eigenvalue weighted by Crippen LogP contribution is 2.26. The first kappa shape index (κ1) is 15.9. The molecular weight excluding hydrogens is 330 g/mol. The van der Waals surface area contributed by atoms with Gasteiger partial charge in [0.15, 0.2) is 0 Å². The van der Waals surface area contributed by atoms with Crippen LogP contribution >= 0.6 is 0 Å². The van der Waals surface area contributed by atoms with Crippen molar-refractivity contribution in [3.05, 3.63) is 71.4 Å². The van der Waals surface area contributed by atoms with E-state index in [-0.39, 0.29) is 29.1 Å². The number of amides is 1. The minimum Gasteiger partial charge on any atom is -0.506 e. The molecule has 0 saturated carbocycles. The maximum atomic E-state index is 12.8. The lowest BCUT2D eigenvalue weighted by molar-refractivity contribution is 0.0745. The molecule has 0 spiro atoms. The van der Waals surface area contributed by atoms with E-state index in [9.17, 15) is 9.90 Å². The highest BCUT2D eigenvalue weighted by molar-refractivity contribution is 5.93. The number of rotatable bonds is 3. The van der Waals surface area contributed by atoms with Gasteiger partial charge in [-0.05, 0) is 23.3 Å². The van der Waals surface area contributed by atoms with Crippen LogP contribution in [0.25, 0.3) is 0 Å².